The highest BCUT2D eigenvalue weighted by molar-refractivity contribution is 6.08. The van der Waals surface area contributed by atoms with Gasteiger partial charge in [-0.25, -0.2) is 0 Å². The van der Waals surface area contributed by atoms with E-state index < -0.39 is 0 Å². The predicted octanol–water partition coefficient (Wildman–Crippen LogP) is 6.10. The first-order chi connectivity index (χ1) is 13.3. The fourth-order valence-corrected chi connectivity index (χ4v) is 4.04. The highest BCUT2D eigenvalue weighted by Crippen LogP contribution is 2.37. The molecule has 2 unspecified atom stereocenters. The fraction of sp³-hybridized carbons (Fsp3) is 0.280. The number of allylic oxidation sites excluding steroid dienone is 9. The summed E-state index contributed by atoms with van der Waals surface area (Å²) in [5, 5.41) is 0. The van der Waals surface area contributed by atoms with Crippen LogP contribution in [0.3, 0.4) is 0 Å². The minimum absolute atomic E-state index is 0.305. The van der Waals surface area contributed by atoms with Gasteiger partial charge in [0, 0.05) is 24.8 Å². The lowest BCUT2D eigenvalue weighted by molar-refractivity contribution is 0.951. The SMILES string of the molecule is CC.CC1C=CC(C2=CN=C3C(Cc4ccc5c(c4)CC=N5)=CC=CC23)=C1. The predicted molar refractivity (Wildman–Crippen MR) is 116 cm³/mol. The number of fused-ring (bicyclic) bond motifs is 2. The Hall–Kier alpha value is -2.74. The third-order valence-electron chi connectivity index (χ3n) is 5.34. The number of benzene rings is 1. The van der Waals surface area contributed by atoms with Gasteiger partial charge in [0.1, 0.15) is 0 Å². The van der Waals surface area contributed by atoms with E-state index in [1.807, 2.05) is 20.1 Å². The second-order valence-electron chi connectivity index (χ2n) is 7.15. The second kappa shape index (κ2) is 7.48. The first kappa shape index (κ1) is 17.7. The van der Waals surface area contributed by atoms with Crippen molar-refractivity contribution in [2.75, 3.05) is 0 Å². The molecule has 2 nitrogen and oxygen atoms in total. The van der Waals surface area contributed by atoms with Crippen molar-refractivity contribution >= 4 is 17.6 Å². The van der Waals surface area contributed by atoms with Crippen LogP contribution < -0.4 is 0 Å². The van der Waals surface area contributed by atoms with Crippen LogP contribution in [-0.2, 0) is 12.8 Å². The summed E-state index contributed by atoms with van der Waals surface area (Å²) in [6.07, 6.45) is 19.4. The molecule has 2 heterocycles. The molecule has 0 spiro atoms. The van der Waals surface area contributed by atoms with Crippen molar-refractivity contribution < 1.29 is 0 Å². The summed E-state index contributed by atoms with van der Waals surface area (Å²) in [5.41, 5.74) is 9.00. The number of rotatable bonds is 3. The molecule has 0 N–H and O–H groups in total. The molecule has 1 aromatic rings. The van der Waals surface area contributed by atoms with E-state index in [1.54, 1.807) is 0 Å². The molecule has 4 aliphatic rings. The lowest BCUT2D eigenvalue weighted by Gasteiger charge is -2.20. The molecule has 0 saturated heterocycles. The van der Waals surface area contributed by atoms with E-state index >= 15 is 0 Å². The van der Waals surface area contributed by atoms with Crippen LogP contribution in [0.15, 0.2) is 87.6 Å². The molecule has 2 aliphatic carbocycles. The van der Waals surface area contributed by atoms with Gasteiger partial charge in [-0.2, -0.15) is 0 Å². The van der Waals surface area contributed by atoms with Crippen LogP contribution in [0.4, 0.5) is 5.69 Å². The minimum Gasteiger partial charge on any atom is -0.261 e. The molecule has 2 heteroatoms. The summed E-state index contributed by atoms with van der Waals surface area (Å²) < 4.78 is 0. The Morgan fingerprint density at radius 1 is 1.15 bits per heavy atom. The van der Waals surface area contributed by atoms with Crippen molar-refractivity contribution in [1.29, 1.82) is 0 Å². The summed E-state index contributed by atoms with van der Waals surface area (Å²) >= 11 is 0. The molecule has 136 valence electrons. The molecule has 5 rings (SSSR count). The van der Waals surface area contributed by atoms with E-state index in [9.17, 15) is 0 Å². The van der Waals surface area contributed by atoms with Crippen LogP contribution in [0.5, 0.6) is 0 Å². The quantitative estimate of drug-likeness (QED) is 0.627. The Morgan fingerprint density at radius 2 is 2.04 bits per heavy atom. The van der Waals surface area contributed by atoms with Gasteiger partial charge in [-0.15, -0.1) is 0 Å². The number of nitrogens with zero attached hydrogens (tertiary/aromatic N) is 2. The molecule has 0 fully saturated rings. The summed E-state index contributed by atoms with van der Waals surface area (Å²) in [5.74, 6) is 0.829. The summed E-state index contributed by atoms with van der Waals surface area (Å²) in [6, 6.07) is 6.63. The second-order valence-corrected chi connectivity index (χ2v) is 7.15. The highest BCUT2D eigenvalue weighted by atomic mass is 14.8. The maximum Gasteiger partial charge on any atom is 0.0661 e. The zero-order chi connectivity index (χ0) is 18.8. The van der Waals surface area contributed by atoms with Crippen LogP contribution in [0.25, 0.3) is 0 Å². The van der Waals surface area contributed by atoms with Gasteiger partial charge in [0.2, 0.25) is 0 Å². The van der Waals surface area contributed by atoms with Crippen LogP contribution in [-0.4, -0.2) is 11.9 Å². The average Bonchev–Trinajstić information content (AvgIpc) is 3.42. The smallest absolute Gasteiger partial charge is 0.0661 e. The molecule has 1 aromatic carbocycles. The normalized spacial score (nSPS) is 23.8. The molecule has 2 atom stereocenters. The van der Waals surface area contributed by atoms with Gasteiger partial charge in [0.15, 0.2) is 0 Å². The van der Waals surface area contributed by atoms with E-state index in [0.29, 0.717) is 11.8 Å². The molecule has 0 aromatic heterocycles. The van der Waals surface area contributed by atoms with Crippen molar-refractivity contribution in [3.05, 3.63) is 88.7 Å². The standard InChI is InChI=1S/C23H20N2.C2H6/c1-15-5-7-17(11-15)21-14-25-23-19(3-2-4-20(21)23)13-16-6-8-22-18(12-16)9-10-24-22;1-2/h2-8,10-12,14-15,20H,9,13H2,1H3;1-2H3. The van der Waals surface area contributed by atoms with Crippen LogP contribution in [0, 0.1) is 11.8 Å². The molecule has 0 saturated carbocycles. The van der Waals surface area contributed by atoms with Gasteiger partial charge in [0.05, 0.1) is 11.4 Å². The van der Waals surface area contributed by atoms with E-state index in [1.165, 1.54) is 33.6 Å². The summed E-state index contributed by atoms with van der Waals surface area (Å²) in [7, 11) is 0. The van der Waals surface area contributed by atoms with Crippen molar-refractivity contribution in [3.8, 4) is 0 Å². The fourth-order valence-electron chi connectivity index (χ4n) is 4.04. The maximum absolute atomic E-state index is 4.79. The minimum atomic E-state index is 0.305. The van der Waals surface area contributed by atoms with Crippen LogP contribution in [0.1, 0.15) is 31.9 Å². The third-order valence-corrected chi connectivity index (χ3v) is 5.34. The number of hydrogen-bond donors (Lipinski definition) is 0. The molecule has 27 heavy (non-hydrogen) atoms. The largest absolute Gasteiger partial charge is 0.261 e. The van der Waals surface area contributed by atoms with Crippen LogP contribution in [0.2, 0.25) is 0 Å². The Morgan fingerprint density at radius 3 is 2.85 bits per heavy atom. The Balaban J connectivity index is 0.000000872. The van der Waals surface area contributed by atoms with Crippen molar-refractivity contribution in [3.63, 3.8) is 0 Å². The van der Waals surface area contributed by atoms with Crippen LogP contribution >= 0.6 is 0 Å². The molecule has 0 amide bonds. The lowest BCUT2D eigenvalue weighted by Crippen LogP contribution is -2.18. The van der Waals surface area contributed by atoms with Gasteiger partial charge in [0.25, 0.3) is 0 Å². The number of aliphatic imine (C=N–C) groups is 2. The molecule has 2 aliphatic heterocycles. The van der Waals surface area contributed by atoms with Gasteiger partial charge in [-0.1, -0.05) is 69.4 Å². The van der Waals surface area contributed by atoms with Crippen molar-refractivity contribution in [2.24, 2.45) is 21.8 Å². The Kier molecular flexibility index (Phi) is 4.89. The van der Waals surface area contributed by atoms with E-state index in [0.717, 1.165) is 18.5 Å². The highest BCUT2D eigenvalue weighted by Gasteiger charge is 2.29. The first-order valence-corrected chi connectivity index (χ1v) is 9.98. The van der Waals surface area contributed by atoms with E-state index in [2.05, 4.69) is 72.8 Å². The zero-order valence-electron chi connectivity index (χ0n) is 16.3. The Bertz CT molecular complexity index is 964. The molecule has 0 radical (unpaired) electrons. The summed E-state index contributed by atoms with van der Waals surface area (Å²) in [6.45, 7) is 6.22. The van der Waals surface area contributed by atoms with Gasteiger partial charge in [-0.3, -0.25) is 9.98 Å². The van der Waals surface area contributed by atoms with E-state index in [-0.39, 0.29) is 0 Å². The third kappa shape index (κ3) is 3.32. The van der Waals surface area contributed by atoms with Gasteiger partial charge < -0.3 is 0 Å². The molecule has 0 bridgehead atoms. The molecular formula is C25H26N2. The summed E-state index contributed by atoms with van der Waals surface area (Å²) in [4.78, 5) is 9.20. The van der Waals surface area contributed by atoms with Crippen molar-refractivity contribution in [2.45, 2.75) is 33.6 Å². The van der Waals surface area contributed by atoms with E-state index in [4.69, 9.17) is 4.99 Å². The topological polar surface area (TPSA) is 24.7 Å². The first-order valence-electron chi connectivity index (χ1n) is 9.98. The molecular weight excluding hydrogens is 328 g/mol. The average molecular weight is 354 g/mol. The maximum atomic E-state index is 4.79. The van der Waals surface area contributed by atoms with Crippen molar-refractivity contribution in [1.82, 2.24) is 0 Å². The lowest BCUT2D eigenvalue weighted by atomic mass is 9.83. The monoisotopic (exact) mass is 354 g/mol. The van der Waals surface area contributed by atoms with Gasteiger partial charge >= 0.3 is 0 Å². The van der Waals surface area contributed by atoms with Gasteiger partial charge in [-0.05, 0) is 46.3 Å². The Labute approximate surface area is 162 Å². The zero-order valence-corrected chi connectivity index (χ0v) is 16.3. The number of hydrogen-bond acceptors (Lipinski definition) is 2.